The van der Waals surface area contributed by atoms with Crippen molar-refractivity contribution in [1.82, 2.24) is 20.4 Å². The molecule has 0 aromatic carbocycles. The van der Waals surface area contributed by atoms with Gasteiger partial charge in [0.25, 0.3) is 11.1 Å². The first-order valence-electron chi connectivity index (χ1n) is 8.45. The normalized spacial score (nSPS) is 10.5. The predicted molar refractivity (Wildman–Crippen MR) is 101 cm³/mol. The molecule has 0 atom stereocenters. The van der Waals surface area contributed by atoms with Gasteiger partial charge in [-0.15, -0.1) is 5.73 Å². The summed E-state index contributed by atoms with van der Waals surface area (Å²) in [6.45, 7) is 5.32. The van der Waals surface area contributed by atoms with E-state index in [1.807, 2.05) is 0 Å². The van der Waals surface area contributed by atoms with Gasteiger partial charge in [0.2, 0.25) is 0 Å². The topological polar surface area (TPSA) is 150 Å². The highest BCUT2D eigenvalue weighted by Crippen LogP contribution is 2.08. The maximum atomic E-state index is 11.8. The third kappa shape index (κ3) is 4.68. The lowest BCUT2D eigenvalue weighted by Gasteiger charge is -1.99. The minimum atomic E-state index is -0.667. The van der Waals surface area contributed by atoms with Crippen LogP contribution in [0.25, 0.3) is 12.2 Å². The van der Waals surface area contributed by atoms with Crippen LogP contribution in [-0.4, -0.2) is 45.5 Å². The van der Waals surface area contributed by atoms with E-state index < -0.39 is 23.1 Å². The maximum Gasteiger partial charge on any atom is 0.357 e. The lowest BCUT2D eigenvalue weighted by Crippen LogP contribution is -2.09. The number of carbonyl (C=O) groups is 2. The van der Waals surface area contributed by atoms with Crippen LogP contribution in [0.4, 0.5) is 0 Å². The number of aromatic amines is 4. The first kappa shape index (κ1) is 20.5. The number of hydrogen-bond donors (Lipinski definition) is 4. The van der Waals surface area contributed by atoms with E-state index in [0.29, 0.717) is 5.57 Å². The lowest BCUT2D eigenvalue weighted by molar-refractivity contribution is 0.0509. The molecule has 148 valence electrons. The second-order valence-electron chi connectivity index (χ2n) is 5.48. The molecule has 0 saturated carbocycles. The fourth-order valence-electron chi connectivity index (χ4n) is 2.20. The highest BCUT2D eigenvalue weighted by atomic mass is 16.5. The van der Waals surface area contributed by atoms with Gasteiger partial charge in [-0.25, -0.2) is 9.59 Å². The van der Waals surface area contributed by atoms with E-state index in [1.165, 1.54) is 18.2 Å². The quantitative estimate of drug-likeness (QED) is 0.319. The zero-order valence-corrected chi connectivity index (χ0v) is 15.6. The number of H-pyrrole nitrogens is 4. The van der Waals surface area contributed by atoms with Crippen LogP contribution in [0.5, 0.6) is 0 Å². The number of rotatable bonds is 7. The van der Waals surface area contributed by atoms with Gasteiger partial charge in [0, 0.05) is 0 Å². The summed E-state index contributed by atoms with van der Waals surface area (Å²) in [7, 11) is 0. The van der Waals surface area contributed by atoms with Crippen molar-refractivity contribution in [3.63, 3.8) is 0 Å². The molecule has 10 nitrogen and oxygen atoms in total. The molecule has 0 saturated heterocycles. The van der Waals surface area contributed by atoms with Crippen molar-refractivity contribution in [3.05, 3.63) is 60.6 Å². The zero-order valence-electron chi connectivity index (χ0n) is 15.6. The Morgan fingerprint density at radius 1 is 0.893 bits per heavy atom. The molecule has 4 N–H and O–H groups in total. The van der Waals surface area contributed by atoms with Crippen molar-refractivity contribution in [2.24, 2.45) is 0 Å². The smallest absolute Gasteiger partial charge is 0.357 e. The van der Waals surface area contributed by atoms with Gasteiger partial charge < -0.3 is 9.47 Å². The van der Waals surface area contributed by atoms with Crippen molar-refractivity contribution in [3.8, 4) is 0 Å². The minimum absolute atomic E-state index is 0.00607. The standard InChI is InChI=1S/C18H20N4O6/c1-4-27-17(25)13-11(15(23)21-19-13)8-6-10(3)7-9-12-14(18(26)28-5-2)20-22-16(12)24/h6,8-9H,4-5H2,1-3H3,(H2,19,21,23)(H2,20,22,24). The fourth-order valence-corrected chi connectivity index (χ4v) is 2.20. The van der Waals surface area contributed by atoms with E-state index in [4.69, 9.17) is 9.47 Å². The van der Waals surface area contributed by atoms with E-state index >= 15 is 0 Å². The van der Waals surface area contributed by atoms with E-state index in [9.17, 15) is 19.2 Å². The average molecular weight is 388 g/mol. The summed E-state index contributed by atoms with van der Waals surface area (Å²) in [5.41, 5.74) is 2.55. The Morgan fingerprint density at radius 2 is 1.39 bits per heavy atom. The monoisotopic (exact) mass is 388 g/mol. The third-order valence-corrected chi connectivity index (χ3v) is 3.53. The summed E-state index contributed by atoms with van der Waals surface area (Å²) in [6, 6.07) is 0. The number of esters is 2. The largest absolute Gasteiger partial charge is 0.461 e. The molecule has 2 rings (SSSR count). The maximum absolute atomic E-state index is 11.8. The summed E-state index contributed by atoms with van der Waals surface area (Å²) < 4.78 is 9.75. The van der Waals surface area contributed by atoms with E-state index in [-0.39, 0.29) is 35.7 Å². The van der Waals surface area contributed by atoms with Crippen molar-refractivity contribution >= 4 is 24.1 Å². The highest BCUT2D eigenvalue weighted by Gasteiger charge is 2.17. The zero-order chi connectivity index (χ0) is 20.7. The second-order valence-corrected chi connectivity index (χ2v) is 5.48. The Morgan fingerprint density at radius 3 is 1.93 bits per heavy atom. The Balaban J connectivity index is 2.32. The van der Waals surface area contributed by atoms with Crippen LogP contribution in [0.2, 0.25) is 0 Å². The van der Waals surface area contributed by atoms with Crippen LogP contribution in [0, 0.1) is 0 Å². The molecule has 0 spiro atoms. The first-order chi connectivity index (χ1) is 13.4. The Bertz CT molecular complexity index is 1070. The van der Waals surface area contributed by atoms with Crippen LogP contribution in [-0.2, 0) is 9.47 Å². The molecule has 2 heterocycles. The van der Waals surface area contributed by atoms with Gasteiger partial charge in [0.15, 0.2) is 11.4 Å². The van der Waals surface area contributed by atoms with Crippen LogP contribution in [0.1, 0.15) is 52.9 Å². The van der Waals surface area contributed by atoms with Crippen LogP contribution in [0.15, 0.2) is 27.0 Å². The molecule has 0 aliphatic rings. The van der Waals surface area contributed by atoms with Crippen molar-refractivity contribution in [1.29, 1.82) is 0 Å². The lowest BCUT2D eigenvalue weighted by atomic mass is 10.1. The Hall–Kier alpha value is -3.78. The molecule has 0 amide bonds. The minimum Gasteiger partial charge on any atom is -0.461 e. The van der Waals surface area contributed by atoms with Crippen LogP contribution >= 0.6 is 0 Å². The number of nitrogens with one attached hydrogen (secondary N) is 4. The molecule has 0 radical (unpaired) electrons. The summed E-state index contributed by atoms with van der Waals surface area (Å²) in [6.07, 6.45) is 4.28. The number of ether oxygens (including phenoxy) is 2. The predicted octanol–water partition coefficient (Wildman–Crippen LogP) is 1.34. The van der Waals surface area contributed by atoms with Crippen LogP contribution in [0.3, 0.4) is 0 Å². The number of hydrogen-bond acceptors (Lipinski definition) is 6. The van der Waals surface area contributed by atoms with Gasteiger partial charge >= 0.3 is 11.9 Å². The molecule has 0 fully saturated rings. The van der Waals surface area contributed by atoms with E-state index in [0.717, 1.165) is 0 Å². The van der Waals surface area contributed by atoms with Crippen molar-refractivity contribution in [2.75, 3.05) is 13.2 Å². The molecule has 2 aromatic rings. The summed E-state index contributed by atoms with van der Waals surface area (Å²) in [5, 5.41) is 9.57. The van der Waals surface area contributed by atoms with Gasteiger partial charge in [-0.2, -0.15) is 0 Å². The molecule has 2 aromatic heterocycles. The van der Waals surface area contributed by atoms with E-state index in [2.05, 4.69) is 26.1 Å². The van der Waals surface area contributed by atoms with Gasteiger partial charge in [0.05, 0.1) is 24.3 Å². The third-order valence-electron chi connectivity index (χ3n) is 3.53. The Kier molecular flexibility index (Phi) is 6.78. The number of aromatic nitrogens is 4. The van der Waals surface area contributed by atoms with Crippen molar-refractivity contribution < 1.29 is 19.1 Å². The molecular weight excluding hydrogens is 368 g/mol. The van der Waals surface area contributed by atoms with Gasteiger partial charge in [-0.3, -0.25) is 30.0 Å². The molecular formula is C18H20N4O6. The Labute approximate surface area is 158 Å². The molecule has 10 heteroatoms. The van der Waals surface area contributed by atoms with Gasteiger partial charge in [0.1, 0.15) is 0 Å². The SMILES string of the molecule is CCOC(=O)c1[nH][nH]c(=O)c1C=C=C(C)C=Cc1c(C(=O)OCC)[nH][nH]c1=O. The highest BCUT2D eigenvalue weighted by molar-refractivity contribution is 5.92. The molecule has 0 bridgehead atoms. The second kappa shape index (κ2) is 9.24. The fraction of sp³-hybridized carbons (Fsp3) is 0.278. The molecule has 28 heavy (non-hydrogen) atoms. The van der Waals surface area contributed by atoms with Crippen LogP contribution < -0.4 is 11.1 Å². The van der Waals surface area contributed by atoms with Crippen molar-refractivity contribution in [2.45, 2.75) is 20.8 Å². The summed E-state index contributed by atoms with van der Waals surface area (Å²) in [5.74, 6) is -1.32. The summed E-state index contributed by atoms with van der Waals surface area (Å²) >= 11 is 0. The van der Waals surface area contributed by atoms with E-state index in [1.54, 1.807) is 20.8 Å². The number of carbonyl (C=O) groups excluding carboxylic acids is 2. The average Bonchev–Trinajstić information content (AvgIpc) is 3.21. The first-order valence-corrected chi connectivity index (χ1v) is 8.45. The molecule has 0 aliphatic heterocycles. The van der Waals surface area contributed by atoms with Gasteiger partial charge in [-0.1, -0.05) is 6.08 Å². The number of allylic oxidation sites excluding steroid dienone is 2. The molecule has 0 unspecified atom stereocenters. The molecule has 0 aliphatic carbocycles. The summed E-state index contributed by atoms with van der Waals surface area (Å²) in [4.78, 5) is 47.4. The van der Waals surface area contributed by atoms with Gasteiger partial charge in [-0.05, 0) is 38.5 Å².